The van der Waals surface area contributed by atoms with Crippen LogP contribution >= 0.6 is 0 Å². The number of hydrogen-bond acceptors (Lipinski definition) is 7. The molecule has 8 rings (SSSR count). The zero-order valence-corrected chi connectivity index (χ0v) is 35.1. The summed E-state index contributed by atoms with van der Waals surface area (Å²) < 4.78 is 39.1. The summed E-state index contributed by atoms with van der Waals surface area (Å²) in [4.78, 5) is 22.7. The monoisotopic (exact) mass is 845 g/mol. The Kier molecular flexibility index (Phi) is 14.1. The van der Waals surface area contributed by atoms with Gasteiger partial charge >= 0.3 is 6.18 Å². The number of carbonyl (C=O) groups is 1. The lowest BCUT2D eigenvalue weighted by molar-refractivity contribution is -0.137. The van der Waals surface area contributed by atoms with E-state index in [1.54, 1.807) is 12.1 Å². The molecule has 12 heteroatoms. The van der Waals surface area contributed by atoms with Crippen LogP contribution in [0.1, 0.15) is 43.7 Å². The van der Waals surface area contributed by atoms with Crippen molar-refractivity contribution in [2.75, 3.05) is 67.5 Å². The number of alkyl halides is 3. The van der Waals surface area contributed by atoms with Crippen molar-refractivity contribution in [1.82, 2.24) is 9.80 Å². The number of anilines is 3. The molecule has 2 fully saturated rings. The van der Waals surface area contributed by atoms with Crippen LogP contribution in [0.2, 0.25) is 0 Å². The van der Waals surface area contributed by atoms with Crippen LogP contribution in [-0.4, -0.2) is 68.1 Å². The van der Waals surface area contributed by atoms with Gasteiger partial charge in [0.15, 0.2) is 0 Å². The number of amides is 1. The van der Waals surface area contributed by atoms with Gasteiger partial charge in [-0.3, -0.25) is 14.6 Å². The number of hydrogen-bond donors (Lipinski definition) is 1. The van der Waals surface area contributed by atoms with E-state index >= 15 is 0 Å². The van der Waals surface area contributed by atoms with E-state index in [0.29, 0.717) is 33.6 Å². The van der Waals surface area contributed by atoms with Crippen LogP contribution in [0.25, 0.3) is 16.9 Å². The van der Waals surface area contributed by atoms with Crippen molar-refractivity contribution in [3.05, 3.63) is 184 Å². The number of aryl methyl sites for hydroxylation is 1. The molecular formula is C51H48F3N8O-. The van der Waals surface area contributed by atoms with Gasteiger partial charge in [0.05, 0.1) is 28.8 Å². The normalized spacial score (nSPS) is 14.5. The highest BCUT2D eigenvalue weighted by Gasteiger charge is 2.30. The van der Waals surface area contributed by atoms with E-state index in [9.17, 15) is 18.0 Å². The Bertz CT molecular complexity index is 2570. The van der Waals surface area contributed by atoms with Gasteiger partial charge in [0.2, 0.25) is 0 Å². The maximum Gasteiger partial charge on any atom is 0.416 e. The van der Waals surface area contributed by atoms with Crippen LogP contribution in [0.4, 0.5) is 35.9 Å². The second kappa shape index (κ2) is 20.2. The molecule has 0 atom stereocenters. The molecule has 0 unspecified atom stereocenters. The van der Waals surface area contributed by atoms with E-state index in [0.717, 1.165) is 100.0 Å². The maximum atomic E-state index is 13.3. The number of halogens is 3. The van der Waals surface area contributed by atoms with Gasteiger partial charge in [0.25, 0.3) is 5.91 Å². The molecule has 2 saturated heterocycles. The number of nitriles is 2. The van der Waals surface area contributed by atoms with Crippen LogP contribution in [0.3, 0.4) is 0 Å². The zero-order valence-electron chi connectivity index (χ0n) is 35.1. The summed E-state index contributed by atoms with van der Waals surface area (Å²) in [7, 11) is 0. The number of piperazine rings is 2. The van der Waals surface area contributed by atoms with Gasteiger partial charge in [-0.05, 0) is 114 Å². The molecule has 320 valence electrons. The molecule has 0 aromatic heterocycles. The molecule has 0 spiro atoms. The molecule has 6 aromatic carbocycles. The Balaban J connectivity index is 0.000000227. The summed E-state index contributed by atoms with van der Waals surface area (Å²) in [6, 6.07) is 45.5. The Morgan fingerprint density at radius 1 is 0.635 bits per heavy atom. The molecule has 2 aliphatic rings. The second-order valence-electron chi connectivity index (χ2n) is 15.8. The molecular weight excluding hydrogens is 798 g/mol. The first-order valence-corrected chi connectivity index (χ1v) is 20.9. The summed E-state index contributed by atoms with van der Waals surface area (Å²) in [6.07, 6.45) is -4.42. The molecule has 0 radical (unpaired) electrons. The number of carbonyl (C=O) groups excluding carboxylic acids is 1. The van der Waals surface area contributed by atoms with Crippen molar-refractivity contribution in [3.8, 4) is 23.3 Å². The minimum atomic E-state index is -4.42. The molecule has 63 heavy (non-hydrogen) atoms. The van der Waals surface area contributed by atoms with Crippen LogP contribution in [0, 0.1) is 29.6 Å². The number of rotatable bonds is 9. The Labute approximate surface area is 367 Å². The van der Waals surface area contributed by atoms with Crippen molar-refractivity contribution in [2.45, 2.75) is 26.2 Å². The van der Waals surface area contributed by atoms with E-state index in [-0.39, 0.29) is 5.91 Å². The molecule has 0 aliphatic carbocycles. The van der Waals surface area contributed by atoms with Gasteiger partial charge < -0.3 is 20.9 Å². The zero-order chi connectivity index (χ0) is 44.3. The molecule has 1 amide bonds. The predicted octanol–water partition coefficient (Wildman–Crippen LogP) is 10.7. The van der Waals surface area contributed by atoms with Gasteiger partial charge in [-0.1, -0.05) is 60.7 Å². The molecule has 2 heterocycles. The number of nitrogens with zero attached hydrogens (tertiary/aromatic N) is 6. The minimum Gasteiger partial charge on any atom is -0.699 e. The predicted molar refractivity (Wildman–Crippen MR) is 244 cm³/mol. The first-order chi connectivity index (χ1) is 30.4. The Morgan fingerprint density at radius 3 is 1.59 bits per heavy atom. The average Bonchev–Trinajstić information content (AvgIpc) is 3.30. The van der Waals surface area contributed by atoms with E-state index in [1.807, 2.05) is 104 Å². The van der Waals surface area contributed by atoms with Crippen LogP contribution in [-0.2, 0) is 19.3 Å². The number of benzene rings is 6. The van der Waals surface area contributed by atoms with E-state index in [1.165, 1.54) is 23.4 Å². The standard InChI is InChI=1S/C33H29F3N4O.C18H19N4/c1-23-4-2-7-30(31(23)26-8-10-27(11-9-26)33(34,35)36)32(41)38-28-12-14-29(15-13-28)40-18-16-39(17-19-40)22-25-6-3-5-24(20-25)21-37;19-13-15-2-1-3-16(12-15)14-21-8-10-22(11-9-21)18-6-4-17(20)5-7-18/h2-15,20H,16-19,22H2,1H3,(H,38,41);1-7,12,20H,8-11,14H2/q;-1. The second-order valence-corrected chi connectivity index (χ2v) is 15.8. The summed E-state index contributed by atoms with van der Waals surface area (Å²) in [6.45, 7) is 11.1. The fraction of sp³-hybridized carbons (Fsp3) is 0.235. The first kappa shape index (κ1) is 44.0. The van der Waals surface area contributed by atoms with Gasteiger partial charge in [0.1, 0.15) is 0 Å². The molecule has 2 aliphatic heterocycles. The lowest BCUT2D eigenvalue weighted by Gasteiger charge is -2.36. The number of nitrogens with one attached hydrogen (secondary N) is 2. The van der Waals surface area contributed by atoms with Gasteiger partial charge in [-0.25, -0.2) is 0 Å². The Morgan fingerprint density at radius 2 is 1.11 bits per heavy atom. The highest BCUT2D eigenvalue weighted by Crippen LogP contribution is 2.34. The first-order valence-electron chi connectivity index (χ1n) is 20.9. The van der Waals surface area contributed by atoms with Crippen molar-refractivity contribution in [2.24, 2.45) is 0 Å². The summed E-state index contributed by atoms with van der Waals surface area (Å²) in [5.74, 6) is -0.328. The lowest BCUT2D eigenvalue weighted by Crippen LogP contribution is -2.45. The van der Waals surface area contributed by atoms with Crippen molar-refractivity contribution in [3.63, 3.8) is 0 Å². The molecule has 0 bridgehead atoms. The smallest absolute Gasteiger partial charge is 0.416 e. The highest BCUT2D eigenvalue weighted by molar-refractivity contribution is 6.09. The molecule has 9 nitrogen and oxygen atoms in total. The fourth-order valence-corrected chi connectivity index (χ4v) is 8.02. The van der Waals surface area contributed by atoms with E-state index in [2.05, 4.69) is 43.1 Å². The molecule has 0 saturated carbocycles. The van der Waals surface area contributed by atoms with Crippen LogP contribution in [0.5, 0.6) is 0 Å². The van der Waals surface area contributed by atoms with Crippen LogP contribution in [0.15, 0.2) is 140 Å². The van der Waals surface area contributed by atoms with Crippen molar-refractivity contribution < 1.29 is 18.0 Å². The summed E-state index contributed by atoms with van der Waals surface area (Å²) in [5.41, 5.74) is 16.3. The summed E-state index contributed by atoms with van der Waals surface area (Å²) >= 11 is 0. The lowest BCUT2D eigenvalue weighted by atomic mass is 9.94. The topological polar surface area (TPSA) is 113 Å². The van der Waals surface area contributed by atoms with E-state index in [4.69, 9.17) is 16.3 Å². The van der Waals surface area contributed by atoms with Gasteiger partial charge in [-0.2, -0.15) is 23.7 Å². The van der Waals surface area contributed by atoms with Crippen LogP contribution < -0.4 is 15.1 Å². The third kappa shape index (κ3) is 11.6. The fourth-order valence-electron chi connectivity index (χ4n) is 8.02. The van der Waals surface area contributed by atoms with Gasteiger partial charge in [0, 0.05) is 88.1 Å². The largest absolute Gasteiger partial charge is 0.699 e. The quantitative estimate of drug-likeness (QED) is 0.154. The SMILES string of the molecule is Cc1cccc(C(=O)Nc2ccc(N3CCN(Cc4cccc(C#N)c4)CC3)cc2)c1-c1ccc(C(F)(F)F)cc1.N#Cc1cccc(CN2CCN(c3ccc([NH-])cc3)CC2)c1. The van der Waals surface area contributed by atoms with Gasteiger partial charge in [-0.15, -0.1) is 5.69 Å². The minimum absolute atomic E-state index is 0.328. The highest BCUT2D eigenvalue weighted by atomic mass is 19.4. The molecule has 6 aromatic rings. The third-order valence-electron chi connectivity index (χ3n) is 11.4. The Hall–Kier alpha value is -7.12. The van der Waals surface area contributed by atoms with Crippen molar-refractivity contribution >= 4 is 28.7 Å². The average molecular weight is 846 g/mol. The third-order valence-corrected chi connectivity index (χ3v) is 11.4. The maximum absolute atomic E-state index is 13.3. The molecule has 2 N–H and O–H groups in total. The van der Waals surface area contributed by atoms with Crippen molar-refractivity contribution in [1.29, 1.82) is 10.5 Å². The summed E-state index contributed by atoms with van der Waals surface area (Å²) in [5, 5.41) is 21.0. The van der Waals surface area contributed by atoms with E-state index < -0.39 is 11.7 Å².